The summed E-state index contributed by atoms with van der Waals surface area (Å²) in [6.07, 6.45) is 4.54. The van der Waals surface area contributed by atoms with E-state index in [9.17, 15) is 5.11 Å². The molecule has 7 heteroatoms. The molecule has 1 aromatic heterocycles. The normalized spacial score (nSPS) is 25.6. The van der Waals surface area contributed by atoms with Gasteiger partial charge in [0.25, 0.3) is 0 Å². The zero-order valence-corrected chi connectivity index (χ0v) is 12.8. The summed E-state index contributed by atoms with van der Waals surface area (Å²) in [7, 11) is 0. The second-order valence-electron chi connectivity index (χ2n) is 5.91. The molecule has 1 saturated carbocycles. The summed E-state index contributed by atoms with van der Waals surface area (Å²) < 4.78 is 5.36. The van der Waals surface area contributed by atoms with Crippen LogP contribution in [0.15, 0.2) is 0 Å². The second-order valence-corrected chi connectivity index (χ2v) is 5.91. The van der Waals surface area contributed by atoms with Crippen LogP contribution in [0.1, 0.15) is 46.0 Å². The molecule has 7 nitrogen and oxygen atoms in total. The first-order valence-electron chi connectivity index (χ1n) is 7.61. The number of nitrogens with one attached hydrogen (secondary N) is 1. The fraction of sp³-hybridized carbons (Fsp3) is 0.786. The Labute approximate surface area is 125 Å². The topological polar surface area (TPSA) is 106 Å². The van der Waals surface area contributed by atoms with Gasteiger partial charge in [-0.25, -0.2) is 0 Å². The van der Waals surface area contributed by atoms with Gasteiger partial charge in [0.1, 0.15) is 0 Å². The average molecular weight is 295 g/mol. The van der Waals surface area contributed by atoms with E-state index < -0.39 is 5.60 Å². The van der Waals surface area contributed by atoms with E-state index in [1.165, 1.54) is 0 Å². The minimum atomic E-state index is -0.696. The Balaban J connectivity index is 1.94. The SMILES string of the molecule is CCCOc1nc(N)nc(NCC2(O)CCC(C)CC2)n1. The third-order valence-corrected chi connectivity index (χ3v) is 3.85. The van der Waals surface area contributed by atoms with E-state index in [0.29, 0.717) is 25.0 Å². The van der Waals surface area contributed by atoms with Crippen molar-refractivity contribution < 1.29 is 9.84 Å². The number of nitrogen functional groups attached to an aromatic ring is 1. The number of nitrogens with zero attached hydrogens (tertiary/aromatic N) is 3. The highest BCUT2D eigenvalue weighted by molar-refractivity contribution is 5.33. The van der Waals surface area contributed by atoms with E-state index in [4.69, 9.17) is 10.5 Å². The number of rotatable bonds is 6. The zero-order chi connectivity index (χ0) is 15.3. The molecule has 0 aromatic carbocycles. The number of aliphatic hydroxyl groups is 1. The summed E-state index contributed by atoms with van der Waals surface area (Å²) in [5.41, 5.74) is 4.95. The average Bonchev–Trinajstić information content (AvgIpc) is 2.46. The molecule has 0 saturated heterocycles. The first-order valence-corrected chi connectivity index (χ1v) is 7.61. The molecule has 0 unspecified atom stereocenters. The lowest BCUT2D eigenvalue weighted by atomic mass is 9.79. The molecule has 0 spiro atoms. The summed E-state index contributed by atoms with van der Waals surface area (Å²) in [6.45, 7) is 5.17. The van der Waals surface area contributed by atoms with Crippen LogP contribution >= 0.6 is 0 Å². The molecule has 21 heavy (non-hydrogen) atoms. The molecule has 0 radical (unpaired) electrons. The van der Waals surface area contributed by atoms with Crippen molar-refractivity contribution >= 4 is 11.9 Å². The predicted molar refractivity (Wildman–Crippen MR) is 81.1 cm³/mol. The standard InChI is InChI=1S/C14H25N5O2/c1-3-8-21-13-18-11(15)17-12(19-13)16-9-14(20)6-4-10(2)5-7-14/h10,20H,3-9H2,1-2H3,(H3,15,16,17,18,19). The molecule has 1 heterocycles. The van der Waals surface area contributed by atoms with E-state index in [-0.39, 0.29) is 12.0 Å². The monoisotopic (exact) mass is 295 g/mol. The van der Waals surface area contributed by atoms with Gasteiger partial charge in [-0.3, -0.25) is 0 Å². The van der Waals surface area contributed by atoms with E-state index in [0.717, 1.165) is 32.1 Å². The largest absolute Gasteiger partial charge is 0.463 e. The minimum absolute atomic E-state index is 0.114. The molecule has 0 amide bonds. The van der Waals surface area contributed by atoms with Gasteiger partial charge in [-0.05, 0) is 38.0 Å². The quantitative estimate of drug-likeness (QED) is 0.731. The number of ether oxygens (including phenoxy) is 1. The van der Waals surface area contributed by atoms with Crippen LogP contribution in [-0.4, -0.2) is 38.8 Å². The predicted octanol–water partition coefficient (Wildman–Crippen LogP) is 1.60. The zero-order valence-electron chi connectivity index (χ0n) is 12.8. The molecule has 0 bridgehead atoms. The third-order valence-electron chi connectivity index (χ3n) is 3.85. The van der Waals surface area contributed by atoms with Gasteiger partial charge >= 0.3 is 6.01 Å². The van der Waals surface area contributed by atoms with E-state index >= 15 is 0 Å². The maximum Gasteiger partial charge on any atom is 0.323 e. The smallest absolute Gasteiger partial charge is 0.323 e. The number of nitrogens with two attached hydrogens (primary N) is 1. The Morgan fingerprint density at radius 2 is 2.05 bits per heavy atom. The highest BCUT2D eigenvalue weighted by Gasteiger charge is 2.31. The maximum atomic E-state index is 10.5. The van der Waals surface area contributed by atoms with Crippen LogP contribution in [0, 0.1) is 5.92 Å². The summed E-state index contributed by atoms with van der Waals surface area (Å²) >= 11 is 0. The van der Waals surface area contributed by atoms with Crippen molar-refractivity contribution in [2.24, 2.45) is 5.92 Å². The lowest BCUT2D eigenvalue weighted by Gasteiger charge is -2.34. The van der Waals surface area contributed by atoms with Crippen molar-refractivity contribution in [1.82, 2.24) is 15.0 Å². The highest BCUT2D eigenvalue weighted by Crippen LogP contribution is 2.31. The van der Waals surface area contributed by atoms with E-state index in [1.54, 1.807) is 0 Å². The number of hydrogen-bond acceptors (Lipinski definition) is 7. The van der Waals surface area contributed by atoms with Gasteiger partial charge < -0.3 is 20.9 Å². The third kappa shape index (κ3) is 4.70. The molecule has 0 aliphatic heterocycles. The van der Waals surface area contributed by atoms with Crippen LogP contribution in [-0.2, 0) is 0 Å². The molecule has 1 aromatic rings. The van der Waals surface area contributed by atoms with Crippen molar-refractivity contribution in [3.63, 3.8) is 0 Å². The number of anilines is 2. The second kappa shape index (κ2) is 6.89. The van der Waals surface area contributed by atoms with Gasteiger partial charge in [0, 0.05) is 6.54 Å². The molecule has 1 fully saturated rings. The van der Waals surface area contributed by atoms with Gasteiger partial charge in [0.15, 0.2) is 0 Å². The lowest BCUT2D eigenvalue weighted by Crippen LogP contribution is -2.40. The van der Waals surface area contributed by atoms with Gasteiger partial charge in [0.2, 0.25) is 11.9 Å². The van der Waals surface area contributed by atoms with Crippen LogP contribution in [0.2, 0.25) is 0 Å². The fourth-order valence-electron chi connectivity index (χ4n) is 2.43. The Morgan fingerprint density at radius 1 is 1.33 bits per heavy atom. The Morgan fingerprint density at radius 3 is 2.71 bits per heavy atom. The van der Waals surface area contributed by atoms with Crippen LogP contribution < -0.4 is 15.8 Å². The molecule has 1 aliphatic rings. The molecule has 0 atom stereocenters. The van der Waals surface area contributed by atoms with Gasteiger partial charge in [0.05, 0.1) is 12.2 Å². The first kappa shape index (κ1) is 15.8. The van der Waals surface area contributed by atoms with E-state index in [1.807, 2.05) is 6.92 Å². The lowest BCUT2D eigenvalue weighted by molar-refractivity contribution is 0.00486. The summed E-state index contributed by atoms with van der Waals surface area (Å²) in [4.78, 5) is 12.1. The van der Waals surface area contributed by atoms with Crippen LogP contribution in [0.3, 0.4) is 0 Å². The van der Waals surface area contributed by atoms with Crippen molar-refractivity contribution in [3.8, 4) is 6.01 Å². The summed E-state index contributed by atoms with van der Waals surface area (Å²) in [6, 6.07) is 0.219. The molecular formula is C14H25N5O2. The van der Waals surface area contributed by atoms with Gasteiger partial charge in [-0.2, -0.15) is 15.0 Å². The molecule has 1 aliphatic carbocycles. The van der Waals surface area contributed by atoms with Crippen molar-refractivity contribution in [3.05, 3.63) is 0 Å². The fourth-order valence-corrected chi connectivity index (χ4v) is 2.43. The van der Waals surface area contributed by atoms with Crippen molar-refractivity contribution in [2.45, 2.75) is 51.6 Å². The van der Waals surface area contributed by atoms with E-state index in [2.05, 4.69) is 27.2 Å². The Bertz CT molecular complexity index is 461. The van der Waals surface area contributed by atoms with Crippen LogP contribution in [0.25, 0.3) is 0 Å². The van der Waals surface area contributed by atoms with Crippen molar-refractivity contribution in [1.29, 1.82) is 0 Å². The van der Waals surface area contributed by atoms with Crippen LogP contribution in [0.5, 0.6) is 6.01 Å². The highest BCUT2D eigenvalue weighted by atomic mass is 16.5. The van der Waals surface area contributed by atoms with Crippen molar-refractivity contribution in [2.75, 3.05) is 24.2 Å². The number of hydrogen-bond donors (Lipinski definition) is 3. The Hall–Kier alpha value is -1.63. The van der Waals surface area contributed by atoms with Gasteiger partial charge in [-0.15, -0.1) is 0 Å². The van der Waals surface area contributed by atoms with Crippen LogP contribution in [0.4, 0.5) is 11.9 Å². The maximum absolute atomic E-state index is 10.5. The first-order chi connectivity index (χ1) is 10.0. The minimum Gasteiger partial charge on any atom is -0.463 e. The molecular weight excluding hydrogens is 270 g/mol. The number of aromatic nitrogens is 3. The Kier molecular flexibility index (Phi) is 5.17. The molecule has 118 valence electrons. The summed E-state index contributed by atoms with van der Waals surface area (Å²) in [5.74, 6) is 1.15. The van der Waals surface area contributed by atoms with Gasteiger partial charge in [-0.1, -0.05) is 13.8 Å². The summed E-state index contributed by atoms with van der Waals surface area (Å²) in [5, 5.41) is 13.6. The molecule has 2 rings (SSSR count). The molecule has 4 N–H and O–H groups in total.